The smallest absolute Gasteiger partial charge is 0.260 e. The number of ether oxygens (including phenoxy) is 1. The highest BCUT2D eigenvalue weighted by Gasteiger charge is 2.11. The number of rotatable bonds is 5. The van der Waals surface area contributed by atoms with Crippen LogP contribution in [0.3, 0.4) is 0 Å². The number of aryl methyl sites for hydroxylation is 1. The van der Waals surface area contributed by atoms with Gasteiger partial charge in [-0.05, 0) is 42.3 Å². The van der Waals surface area contributed by atoms with E-state index in [9.17, 15) is 4.79 Å². The second kappa shape index (κ2) is 7.52. The zero-order valence-corrected chi connectivity index (χ0v) is 14.0. The molecule has 0 saturated heterocycles. The molecule has 0 aliphatic rings. The van der Waals surface area contributed by atoms with Crippen LogP contribution in [-0.2, 0) is 11.3 Å². The van der Waals surface area contributed by atoms with Crippen molar-refractivity contribution in [2.75, 3.05) is 13.7 Å². The first kappa shape index (κ1) is 16.7. The predicted molar refractivity (Wildman–Crippen MR) is 89.6 cm³/mol. The molecule has 1 amide bonds. The van der Waals surface area contributed by atoms with E-state index in [2.05, 4.69) is 0 Å². The highest BCUT2D eigenvalue weighted by molar-refractivity contribution is 6.34. The van der Waals surface area contributed by atoms with Gasteiger partial charge in [-0.3, -0.25) is 4.79 Å². The maximum absolute atomic E-state index is 12.1. The molecule has 116 valence electrons. The second-order valence-electron chi connectivity index (χ2n) is 5.08. The van der Waals surface area contributed by atoms with Crippen molar-refractivity contribution >= 4 is 29.1 Å². The van der Waals surface area contributed by atoms with Gasteiger partial charge in [-0.15, -0.1) is 0 Å². The van der Waals surface area contributed by atoms with Gasteiger partial charge in [-0.25, -0.2) is 0 Å². The standard InChI is InChI=1S/C17H17Cl2NO2/c1-12-5-3-4-6-16(12)22-11-17(21)20(2)10-13-7-14(18)9-15(19)8-13/h3-9H,10-11H2,1-2H3. The molecule has 0 N–H and O–H groups in total. The van der Waals surface area contributed by atoms with Crippen molar-refractivity contribution < 1.29 is 9.53 Å². The molecule has 0 heterocycles. The van der Waals surface area contributed by atoms with Gasteiger partial charge in [0.15, 0.2) is 6.61 Å². The van der Waals surface area contributed by atoms with E-state index in [1.807, 2.05) is 31.2 Å². The van der Waals surface area contributed by atoms with Crippen molar-refractivity contribution in [1.82, 2.24) is 4.90 Å². The molecule has 0 radical (unpaired) electrons. The lowest BCUT2D eigenvalue weighted by molar-refractivity contribution is -0.132. The second-order valence-corrected chi connectivity index (χ2v) is 5.95. The summed E-state index contributed by atoms with van der Waals surface area (Å²) >= 11 is 11.9. The largest absolute Gasteiger partial charge is 0.484 e. The Morgan fingerprint density at radius 3 is 2.41 bits per heavy atom. The molecule has 3 nitrogen and oxygen atoms in total. The fraction of sp³-hybridized carbons (Fsp3) is 0.235. The Morgan fingerprint density at radius 2 is 1.77 bits per heavy atom. The average molecular weight is 338 g/mol. The van der Waals surface area contributed by atoms with Crippen LogP contribution in [0.2, 0.25) is 10.0 Å². The molecular formula is C17H17Cl2NO2. The van der Waals surface area contributed by atoms with E-state index in [0.717, 1.165) is 16.9 Å². The molecule has 5 heteroatoms. The van der Waals surface area contributed by atoms with Gasteiger partial charge >= 0.3 is 0 Å². The Hall–Kier alpha value is -1.71. The lowest BCUT2D eigenvalue weighted by Gasteiger charge is -2.18. The average Bonchev–Trinajstić information content (AvgIpc) is 2.45. The number of hydrogen-bond acceptors (Lipinski definition) is 2. The highest BCUT2D eigenvalue weighted by Crippen LogP contribution is 2.20. The number of likely N-dealkylation sites (N-methyl/N-ethyl adjacent to an activating group) is 1. The van der Waals surface area contributed by atoms with Gasteiger partial charge in [0.2, 0.25) is 0 Å². The zero-order chi connectivity index (χ0) is 16.1. The fourth-order valence-electron chi connectivity index (χ4n) is 2.03. The molecule has 0 fully saturated rings. The summed E-state index contributed by atoms with van der Waals surface area (Å²) in [7, 11) is 1.72. The number of carbonyl (C=O) groups is 1. The van der Waals surface area contributed by atoms with Crippen LogP contribution in [0, 0.1) is 6.92 Å². The SMILES string of the molecule is Cc1ccccc1OCC(=O)N(C)Cc1cc(Cl)cc(Cl)c1. The van der Waals surface area contributed by atoms with Crippen molar-refractivity contribution in [1.29, 1.82) is 0 Å². The van der Waals surface area contributed by atoms with Gasteiger partial charge in [0, 0.05) is 23.6 Å². The van der Waals surface area contributed by atoms with E-state index in [0.29, 0.717) is 16.6 Å². The van der Waals surface area contributed by atoms with Crippen molar-refractivity contribution in [3.05, 3.63) is 63.6 Å². The summed E-state index contributed by atoms with van der Waals surface area (Å²) in [6, 6.07) is 12.8. The van der Waals surface area contributed by atoms with Crippen LogP contribution in [0.1, 0.15) is 11.1 Å². The van der Waals surface area contributed by atoms with Gasteiger partial charge in [0.05, 0.1) is 0 Å². The van der Waals surface area contributed by atoms with Gasteiger partial charge in [-0.2, -0.15) is 0 Å². The normalized spacial score (nSPS) is 10.4. The van der Waals surface area contributed by atoms with Gasteiger partial charge in [0.1, 0.15) is 5.75 Å². The lowest BCUT2D eigenvalue weighted by Crippen LogP contribution is -2.31. The molecule has 0 bridgehead atoms. The van der Waals surface area contributed by atoms with Crippen molar-refractivity contribution in [3.63, 3.8) is 0 Å². The van der Waals surface area contributed by atoms with Crippen molar-refractivity contribution in [2.45, 2.75) is 13.5 Å². The topological polar surface area (TPSA) is 29.5 Å². The molecule has 0 atom stereocenters. The van der Waals surface area contributed by atoms with Crippen LogP contribution in [-0.4, -0.2) is 24.5 Å². The third-order valence-electron chi connectivity index (χ3n) is 3.21. The Balaban J connectivity index is 1.93. The number of halogens is 2. The fourth-order valence-corrected chi connectivity index (χ4v) is 2.60. The number of hydrogen-bond donors (Lipinski definition) is 0. The quantitative estimate of drug-likeness (QED) is 0.812. The lowest BCUT2D eigenvalue weighted by atomic mass is 10.2. The molecule has 2 aromatic carbocycles. The number of para-hydroxylation sites is 1. The molecule has 0 aliphatic heterocycles. The minimum atomic E-state index is -0.112. The highest BCUT2D eigenvalue weighted by atomic mass is 35.5. The molecule has 22 heavy (non-hydrogen) atoms. The van der Waals surface area contributed by atoms with Crippen LogP contribution >= 0.6 is 23.2 Å². The Labute approximate surface area is 140 Å². The maximum atomic E-state index is 12.1. The van der Waals surface area contributed by atoms with E-state index in [4.69, 9.17) is 27.9 Å². The Kier molecular flexibility index (Phi) is 5.69. The summed E-state index contributed by atoms with van der Waals surface area (Å²) in [5.74, 6) is 0.606. The van der Waals surface area contributed by atoms with Crippen molar-refractivity contribution in [3.8, 4) is 5.75 Å². The number of benzene rings is 2. The van der Waals surface area contributed by atoms with Crippen LogP contribution in [0.15, 0.2) is 42.5 Å². The summed E-state index contributed by atoms with van der Waals surface area (Å²) in [4.78, 5) is 13.7. The number of amides is 1. The predicted octanol–water partition coefficient (Wildman–Crippen LogP) is 4.34. The van der Waals surface area contributed by atoms with Gasteiger partial charge < -0.3 is 9.64 Å². The van der Waals surface area contributed by atoms with E-state index < -0.39 is 0 Å². The van der Waals surface area contributed by atoms with E-state index >= 15 is 0 Å². The molecule has 0 spiro atoms. The molecule has 0 unspecified atom stereocenters. The summed E-state index contributed by atoms with van der Waals surface area (Å²) in [5.41, 5.74) is 1.88. The van der Waals surface area contributed by atoms with Gasteiger partial charge in [-0.1, -0.05) is 41.4 Å². The van der Waals surface area contributed by atoms with Crippen LogP contribution in [0.5, 0.6) is 5.75 Å². The third-order valence-corrected chi connectivity index (χ3v) is 3.65. The van der Waals surface area contributed by atoms with Crippen LogP contribution < -0.4 is 4.74 Å². The molecule has 2 aromatic rings. The third kappa shape index (κ3) is 4.65. The summed E-state index contributed by atoms with van der Waals surface area (Å²) in [6.45, 7) is 2.36. The summed E-state index contributed by atoms with van der Waals surface area (Å²) in [5, 5.41) is 1.11. The van der Waals surface area contributed by atoms with Crippen molar-refractivity contribution in [2.24, 2.45) is 0 Å². The van der Waals surface area contributed by atoms with E-state index in [1.165, 1.54) is 0 Å². The first-order valence-corrected chi connectivity index (χ1v) is 7.58. The number of nitrogens with zero attached hydrogens (tertiary/aromatic N) is 1. The summed E-state index contributed by atoms with van der Waals surface area (Å²) in [6.07, 6.45) is 0. The molecular weight excluding hydrogens is 321 g/mol. The molecule has 0 aromatic heterocycles. The number of carbonyl (C=O) groups excluding carboxylic acids is 1. The minimum Gasteiger partial charge on any atom is -0.484 e. The molecule has 2 rings (SSSR count). The zero-order valence-electron chi connectivity index (χ0n) is 12.5. The van der Waals surface area contributed by atoms with Crippen LogP contribution in [0.4, 0.5) is 0 Å². The minimum absolute atomic E-state index is 0.00431. The van der Waals surface area contributed by atoms with Crippen LogP contribution in [0.25, 0.3) is 0 Å². The molecule has 0 saturated carbocycles. The summed E-state index contributed by atoms with van der Waals surface area (Å²) < 4.78 is 5.56. The first-order valence-electron chi connectivity index (χ1n) is 6.83. The van der Waals surface area contributed by atoms with E-state index in [1.54, 1.807) is 30.1 Å². The van der Waals surface area contributed by atoms with E-state index in [-0.39, 0.29) is 12.5 Å². The molecule has 0 aliphatic carbocycles. The Morgan fingerprint density at radius 1 is 1.14 bits per heavy atom. The Bertz CT molecular complexity index is 653. The monoisotopic (exact) mass is 337 g/mol. The van der Waals surface area contributed by atoms with Gasteiger partial charge in [0.25, 0.3) is 5.91 Å². The first-order chi connectivity index (χ1) is 10.5. The maximum Gasteiger partial charge on any atom is 0.260 e.